The summed E-state index contributed by atoms with van der Waals surface area (Å²) < 4.78 is 1.66. The van der Waals surface area contributed by atoms with Gasteiger partial charge in [0.2, 0.25) is 0 Å². The van der Waals surface area contributed by atoms with Crippen molar-refractivity contribution in [2.75, 3.05) is 0 Å². The lowest BCUT2D eigenvalue weighted by Crippen LogP contribution is -2.31. The number of hydrogen-bond acceptors (Lipinski definition) is 3. The lowest BCUT2D eigenvalue weighted by molar-refractivity contribution is 0.127. The third-order valence-electron chi connectivity index (χ3n) is 2.31. The molecule has 0 saturated carbocycles. The lowest BCUT2D eigenvalue weighted by Gasteiger charge is -2.20. The van der Waals surface area contributed by atoms with Crippen LogP contribution in [-0.2, 0) is 7.05 Å². The maximum absolute atomic E-state index is 9.92. The highest BCUT2D eigenvalue weighted by Crippen LogP contribution is 2.18. The summed E-state index contributed by atoms with van der Waals surface area (Å²) in [7, 11) is 1.81. The highest BCUT2D eigenvalue weighted by molar-refractivity contribution is 5.06. The summed E-state index contributed by atoms with van der Waals surface area (Å²) in [6.07, 6.45) is 1.86. The fourth-order valence-corrected chi connectivity index (χ4v) is 1.57. The van der Waals surface area contributed by atoms with Crippen LogP contribution >= 0.6 is 0 Å². The minimum absolute atomic E-state index is 0.217. The van der Waals surface area contributed by atoms with Crippen molar-refractivity contribution in [3.63, 3.8) is 0 Å². The van der Waals surface area contributed by atoms with E-state index in [1.54, 1.807) is 24.0 Å². The number of hydrogen-bond donors (Lipinski definition) is 2. The molecule has 0 aromatic carbocycles. The van der Waals surface area contributed by atoms with Crippen LogP contribution < -0.4 is 5.73 Å². The van der Waals surface area contributed by atoms with Gasteiger partial charge in [-0.25, -0.2) is 0 Å². The summed E-state index contributed by atoms with van der Waals surface area (Å²) in [5.74, 6) is 0.493. The molecule has 1 aromatic heterocycles. The second-order valence-corrected chi connectivity index (χ2v) is 4.12. The van der Waals surface area contributed by atoms with Gasteiger partial charge in [0.15, 0.2) is 0 Å². The SMILES string of the molecule is CC(C)CC(N)C(O)c1ccnn1C. The number of rotatable bonds is 4. The number of nitrogens with two attached hydrogens (primary N) is 1. The van der Waals surface area contributed by atoms with Gasteiger partial charge in [-0.15, -0.1) is 0 Å². The van der Waals surface area contributed by atoms with Crippen LogP contribution in [0.4, 0.5) is 0 Å². The standard InChI is InChI=1S/C10H19N3O/c1-7(2)6-8(11)10(14)9-4-5-12-13(9)3/h4-5,7-8,10,14H,6,11H2,1-3H3. The summed E-state index contributed by atoms with van der Waals surface area (Å²) in [4.78, 5) is 0. The minimum Gasteiger partial charge on any atom is -0.385 e. The van der Waals surface area contributed by atoms with E-state index < -0.39 is 6.10 Å². The molecule has 2 atom stereocenters. The van der Waals surface area contributed by atoms with E-state index in [0.29, 0.717) is 5.92 Å². The zero-order chi connectivity index (χ0) is 10.7. The third kappa shape index (κ3) is 2.56. The van der Waals surface area contributed by atoms with E-state index in [2.05, 4.69) is 18.9 Å². The smallest absolute Gasteiger partial charge is 0.111 e. The van der Waals surface area contributed by atoms with E-state index in [1.165, 1.54) is 0 Å². The molecule has 0 amide bonds. The van der Waals surface area contributed by atoms with Crippen molar-refractivity contribution in [1.82, 2.24) is 9.78 Å². The van der Waals surface area contributed by atoms with Crippen LogP contribution in [0.1, 0.15) is 32.1 Å². The van der Waals surface area contributed by atoms with Crippen molar-refractivity contribution in [1.29, 1.82) is 0 Å². The van der Waals surface area contributed by atoms with Crippen LogP contribution in [0.5, 0.6) is 0 Å². The Morgan fingerprint density at radius 1 is 1.57 bits per heavy atom. The molecule has 0 fully saturated rings. The molecule has 4 nitrogen and oxygen atoms in total. The maximum atomic E-state index is 9.92. The Morgan fingerprint density at radius 2 is 2.21 bits per heavy atom. The summed E-state index contributed by atoms with van der Waals surface area (Å²) in [6.45, 7) is 4.19. The Hall–Kier alpha value is -0.870. The molecule has 1 heterocycles. The van der Waals surface area contributed by atoms with E-state index >= 15 is 0 Å². The molecule has 3 N–H and O–H groups in total. The second-order valence-electron chi connectivity index (χ2n) is 4.12. The first-order valence-electron chi connectivity index (χ1n) is 4.94. The average molecular weight is 197 g/mol. The molecular weight excluding hydrogens is 178 g/mol. The Bertz CT molecular complexity index is 283. The van der Waals surface area contributed by atoms with Crippen molar-refractivity contribution in [3.05, 3.63) is 18.0 Å². The van der Waals surface area contributed by atoms with Gasteiger partial charge in [-0.1, -0.05) is 13.8 Å². The quantitative estimate of drug-likeness (QED) is 0.751. The van der Waals surface area contributed by atoms with Gasteiger partial charge in [-0.05, 0) is 18.4 Å². The van der Waals surface area contributed by atoms with Crippen LogP contribution in [-0.4, -0.2) is 20.9 Å². The molecule has 2 unspecified atom stereocenters. The van der Waals surface area contributed by atoms with E-state index in [0.717, 1.165) is 12.1 Å². The van der Waals surface area contributed by atoms with Gasteiger partial charge >= 0.3 is 0 Å². The predicted molar refractivity (Wildman–Crippen MR) is 55.6 cm³/mol. The van der Waals surface area contributed by atoms with Crippen LogP contribution in [0, 0.1) is 5.92 Å². The van der Waals surface area contributed by atoms with E-state index in [4.69, 9.17) is 5.73 Å². The Labute approximate surface area is 84.7 Å². The number of nitrogens with zero attached hydrogens (tertiary/aromatic N) is 2. The first-order chi connectivity index (χ1) is 6.52. The Balaban J connectivity index is 2.65. The maximum Gasteiger partial charge on any atom is 0.111 e. The molecule has 0 saturated heterocycles. The molecule has 0 aliphatic carbocycles. The van der Waals surface area contributed by atoms with Gasteiger partial charge < -0.3 is 10.8 Å². The minimum atomic E-state index is -0.620. The second kappa shape index (κ2) is 4.57. The summed E-state index contributed by atoms with van der Waals surface area (Å²) >= 11 is 0. The van der Waals surface area contributed by atoms with Crippen LogP contribution in [0.25, 0.3) is 0 Å². The third-order valence-corrected chi connectivity index (χ3v) is 2.31. The van der Waals surface area contributed by atoms with Crippen molar-refractivity contribution < 1.29 is 5.11 Å². The topological polar surface area (TPSA) is 64.1 Å². The summed E-state index contributed by atoms with van der Waals surface area (Å²) in [6, 6.07) is 1.58. The first-order valence-corrected chi connectivity index (χ1v) is 4.94. The fourth-order valence-electron chi connectivity index (χ4n) is 1.57. The monoisotopic (exact) mass is 197 g/mol. The molecule has 0 radical (unpaired) electrons. The largest absolute Gasteiger partial charge is 0.385 e. The highest BCUT2D eigenvalue weighted by Gasteiger charge is 2.20. The number of aliphatic hydroxyl groups is 1. The van der Waals surface area contributed by atoms with E-state index in [-0.39, 0.29) is 6.04 Å². The molecule has 0 bridgehead atoms. The number of aromatic nitrogens is 2. The van der Waals surface area contributed by atoms with Gasteiger partial charge in [-0.2, -0.15) is 5.10 Å². The Morgan fingerprint density at radius 3 is 2.64 bits per heavy atom. The molecule has 0 aliphatic heterocycles. The normalized spacial score (nSPS) is 15.9. The van der Waals surface area contributed by atoms with Crippen molar-refractivity contribution in [2.45, 2.75) is 32.4 Å². The molecular formula is C10H19N3O. The summed E-state index contributed by atoms with van der Waals surface area (Å²) in [5, 5.41) is 13.9. The van der Waals surface area contributed by atoms with Gasteiger partial charge in [0.25, 0.3) is 0 Å². The predicted octanol–water partition coefficient (Wildman–Crippen LogP) is 0.827. The van der Waals surface area contributed by atoms with Gasteiger partial charge in [0.1, 0.15) is 6.10 Å². The van der Waals surface area contributed by atoms with Crippen LogP contribution in [0.15, 0.2) is 12.3 Å². The number of aryl methyl sites for hydroxylation is 1. The van der Waals surface area contributed by atoms with Crippen molar-refractivity contribution >= 4 is 0 Å². The molecule has 4 heteroatoms. The first kappa shape index (κ1) is 11.2. The lowest BCUT2D eigenvalue weighted by atomic mass is 9.98. The van der Waals surface area contributed by atoms with Gasteiger partial charge in [0, 0.05) is 19.3 Å². The van der Waals surface area contributed by atoms with E-state index in [1.807, 2.05) is 0 Å². The fraction of sp³-hybridized carbons (Fsp3) is 0.700. The zero-order valence-corrected chi connectivity index (χ0v) is 9.01. The number of aliphatic hydroxyl groups excluding tert-OH is 1. The van der Waals surface area contributed by atoms with Crippen LogP contribution in [0.3, 0.4) is 0 Å². The molecule has 0 aliphatic rings. The molecule has 14 heavy (non-hydrogen) atoms. The highest BCUT2D eigenvalue weighted by atomic mass is 16.3. The Kier molecular flexibility index (Phi) is 3.66. The average Bonchev–Trinajstić information content (AvgIpc) is 2.48. The van der Waals surface area contributed by atoms with Crippen molar-refractivity contribution in [3.8, 4) is 0 Å². The molecule has 1 aromatic rings. The molecule has 80 valence electrons. The van der Waals surface area contributed by atoms with Gasteiger partial charge in [-0.3, -0.25) is 4.68 Å². The van der Waals surface area contributed by atoms with Crippen molar-refractivity contribution in [2.24, 2.45) is 18.7 Å². The molecule has 1 rings (SSSR count). The molecule has 0 spiro atoms. The van der Waals surface area contributed by atoms with Gasteiger partial charge in [0.05, 0.1) is 5.69 Å². The van der Waals surface area contributed by atoms with E-state index in [9.17, 15) is 5.11 Å². The van der Waals surface area contributed by atoms with Crippen LogP contribution in [0.2, 0.25) is 0 Å². The zero-order valence-electron chi connectivity index (χ0n) is 9.01. The summed E-state index contributed by atoms with van der Waals surface area (Å²) in [5.41, 5.74) is 6.66.